The zero-order valence-corrected chi connectivity index (χ0v) is 27.4. The van der Waals surface area contributed by atoms with Gasteiger partial charge in [0.25, 0.3) is 0 Å². The van der Waals surface area contributed by atoms with Crippen molar-refractivity contribution in [3.63, 3.8) is 0 Å². The number of aryl methyl sites for hydroxylation is 1. The van der Waals surface area contributed by atoms with Crippen LogP contribution in [0.2, 0.25) is 0 Å². The number of fused-ring (bicyclic) bond motifs is 1. The van der Waals surface area contributed by atoms with E-state index in [1.54, 1.807) is 0 Å². The van der Waals surface area contributed by atoms with Gasteiger partial charge in [-0.05, 0) is 107 Å². The molecule has 6 aromatic rings. The molecule has 0 aliphatic carbocycles. The van der Waals surface area contributed by atoms with Gasteiger partial charge in [-0.1, -0.05) is 122 Å². The minimum absolute atomic E-state index is 1.08. The number of hydrogen-bond acceptors (Lipinski definition) is 2. The Kier molecular flexibility index (Phi) is 9.31. The van der Waals surface area contributed by atoms with Crippen LogP contribution in [0.1, 0.15) is 29.2 Å². The molecule has 2 nitrogen and oxygen atoms in total. The molecule has 6 aromatic carbocycles. The lowest BCUT2D eigenvalue weighted by Gasteiger charge is -2.28. The summed E-state index contributed by atoms with van der Waals surface area (Å²) in [6, 6.07) is 45.6. The van der Waals surface area contributed by atoms with Crippen molar-refractivity contribution in [3.8, 4) is 11.1 Å². The molecule has 6 rings (SSSR count). The van der Waals surface area contributed by atoms with E-state index in [4.69, 9.17) is 0 Å². The van der Waals surface area contributed by atoms with Gasteiger partial charge in [0.1, 0.15) is 0 Å². The van der Waals surface area contributed by atoms with E-state index in [9.17, 15) is 0 Å². The Hall–Kier alpha value is -5.86. The molecule has 0 unspecified atom stereocenters. The maximum Gasteiger partial charge on any atom is 0.0494 e. The summed E-state index contributed by atoms with van der Waals surface area (Å²) in [7, 11) is 2.14. The first-order valence-electron chi connectivity index (χ1n) is 16.0. The number of benzene rings is 6. The smallest absolute Gasteiger partial charge is 0.0494 e. The number of anilines is 5. The zero-order chi connectivity index (χ0) is 32.8. The molecule has 0 aliphatic heterocycles. The van der Waals surface area contributed by atoms with Crippen molar-refractivity contribution >= 4 is 57.4 Å². The highest BCUT2D eigenvalue weighted by Gasteiger charge is 2.17. The van der Waals surface area contributed by atoms with E-state index in [2.05, 4.69) is 189 Å². The van der Waals surface area contributed by atoms with Crippen molar-refractivity contribution in [2.24, 2.45) is 0 Å². The topological polar surface area (TPSA) is 6.48 Å². The molecular weight excluding hydrogens is 569 g/mol. The molecule has 0 aromatic heterocycles. The molecule has 0 heterocycles. The van der Waals surface area contributed by atoms with Crippen LogP contribution in [0.3, 0.4) is 0 Å². The molecular formula is C45H40N2. The lowest BCUT2D eigenvalue weighted by Crippen LogP contribution is -2.13. The summed E-state index contributed by atoms with van der Waals surface area (Å²) in [4.78, 5) is 4.61. The van der Waals surface area contributed by atoms with E-state index in [1.165, 1.54) is 27.5 Å². The Morgan fingerprint density at radius 1 is 0.574 bits per heavy atom. The molecule has 0 saturated carbocycles. The van der Waals surface area contributed by atoms with Crippen molar-refractivity contribution in [2.75, 3.05) is 16.8 Å². The first-order valence-corrected chi connectivity index (χ1v) is 16.0. The predicted molar refractivity (Wildman–Crippen MR) is 207 cm³/mol. The summed E-state index contributed by atoms with van der Waals surface area (Å²) in [5.41, 5.74) is 12.6. The molecule has 0 N–H and O–H groups in total. The van der Waals surface area contributed by atoms with Crippen molar-refractivity contribution in [3.05, 3.63) is 181 Å². The lowest BCUT2D eigenvalue weighted by atomic mass is 9.96. The van der Waals surface area contributed by atoms with Crippen LogP contribution in [0.5, 0.6) is 0 Å². The van der Waals surface area contributed by atoms with Crippen molar-refractivity contribution < 1.29 is 0 Å². The Morgan fingerprint density at radius 3 is 1.96 bits per heavy atom. The van der Waals surface area contributed by atoms with Crippen LogP contribution in [0.25, 0.3) is 40.1 Å². The van der Waals surface area contributed by atoms with Gasteiger partial charge < -0.3 is 9.80 Å². The normalized spacial score (nSPS) is 11.3. The summed E-state index contributed by atoms with van der Waals surface area (Å²) >= 11 is 0. The fraction of sp³-hybridized carbons (Fsp3) is 0.0667. The molecule has 2 heteroatoms. The maximum atomic E-state index is 4.12. The van der Waals surface area contributed by atoms with Crippen LogP contribution in [0.4, 0.5) is 28.4 Å². The van der Waals surface area contributed by atoms with E-state index in [0.29, 0.717) is 0 Å². The SMILES string of the molecule is C=C/C=C\c1cc(N(c2ccc(N(C)c3cc(/C=C\C)c(C=C)c4ccccc34)cc2)c2cccc(-c3ccccc3)c2)ccc1C. The Labute approximate surface area is 279 Å². The average Bonchev–Trinajstić information content (AvgIpc) is 3.12. The minimum Gasteiger partial charge on any atom is -0.344 e. The highest BCUT2D eigenvalue weighted by atomic mass is 15.1. The molecule has 0 aliphatic rings. The molecule has 0 atom stereocenters. The highest BCUT2D eigenvalue weighted by Crippen LogP contribution is 2.40. The van der Waals surface area contributed by atoms with E-state index in [-0.39, 0.29) is 0 Å². The van der Waals surface area contributed by atoms with Gasteiger partial charge in [0, 0.05) is 40.9 Å². The monoisotopic (exact) mass is 608 g/mol. The fourth-order valence-electron chi connectivity index (χ4n) is 6.21. The molecule has 0 spiro atoms. The van der Waals surface area contributed by atoms with Gasteiger partial charge in [-0.2, -0.15) is 0 Å². The van der Waals surface area contributed by atoms with Crippen molar-refractivity contribution in [1.82, 2.24) is 0 Å². The molecule has 0 bridgehead atoms. The number of nitrogens with zero attached hydrogens (tertiary/aromatic N) is 2. The summed E-state index contributed by atoms with van der Waals surface area (Å²) in [5, 5.41) is 2.39. The van der Waals surface area contributed by atoms with Crippen molar-refractivity contribution in [2.45, 2.75) is 13.8 Å². The fourth-order valence-corrected chi connectivity index (χ4v) is 6.21. The van der Waals surface area contributed by atoms with Crippen LogP contribution in [0, 0.1) is 6.92 Å². The van der Waals surface area contributed by atoms with Gasteiger partial charge in [-0.15, -0.1) is 0 Å². The number of hydrogen-bond donors (Lipinski definition) is 0. The molecule has 230 valence electrons. The minimum atomic E-state index is 1.08. The molecule has 0 radical (unpaired) electrons. The Bertz CT molecular complexity index is 2100. The first-order chi connectivity index (χ1) is 23.0. The van der Waals surface area contributed by atoms with Gasteiger partial charge in [0.2, 0.25) is 0 Å². The third-order valence-corrected chi connectivity index (χ3v) is 8.65. The van der Waals surface area contributed by atoms with Gasteiger partial charge >= 0.3 is 0 Å². The maximum absolute atomic E-state index is 4.12. The van der Waals surface area contributed by atoms with Crippen LogP contribution in [-0.2, 0) is 0 Å². The molecule has 47 heavy (non-hydrogen) atoms. The average molecular weight is 609 g/mol. The van der Waals surface area contributed by atoms with E-state index < -0.39 is 0 Å². The Morgan fingerprint density at radius 2 is 1.23 bits per heavy atom. The third kappa shape index (κ3) is 6.45. The first kappa shape index (κ1) is 31.1. The summed E-state index contributed by atoms with van der Waals surface area (Å²) in [5.74, 6) is 0. The third-order valence-electron chi connectivity index (χ3n) is 8.65. The van der Waals surface area contributed by atoms with Gasteiger partial charge in [0.15, 0.2) is 0 Å². The molecule has 0 saturated heterocycles. The van der Waals surface area contributed by atoms with Crippen LogP contribution in [0.15, 0.2) is 159 Å². The molecule has 0 amide bonds. The second kappa shape index (κ2) is 14.1. The molecule has 0 fully saturated rings. The lowest BCUT2D eigenvalue weighted by molar-refractivity contribution is 1.21. The van der Waals surface area contributed by atoms with E-state index in [1.807, 2.05) is 18.2 Å². The summed E-state index contributed by atoms with van der Waals surface area (Å²) in [6.07, 6.45) is 12.1. The largest absolute Gasteiger partial charge is 0.344 e. The quantitative estimate of drug-likeness (QED) is 0.143. The second-order valence-corrected chi connectivity index (χ2v) is 11.6. The zero-order valence-electron chi connectivity index (χ0n) is 27.4. The summed E-state index contributed by atoms with van der Waals surface area (Å²) < 4.78 is 0. The number of rotatable bonds is 10. The summed E-state index contributed by atoms with van der Waals surface area (Å²) in [6.45, 7) is 12.2. The van der Waals surface area contributed by atoms with E-state index in [0.717, 1.165) is 45.1 Å². The van der Waals surface area contributed by atoms with E-state index >= 15 is 0 Å². The Balaban J connectivity index is 1.45. The van der Waals surface area contributed by atoms with Crippen LogP contribution < -0.4 is 9.80 Å². The van der Waals surface area contributed by atoms with Gasteiger partial charge in [0.05, 0.1) is 0 Å². The predicted octanol–water partition coefficient (Wildman–Crippen LogP) is 12.9. The van der Waals surface area contributed by atoms with Gasteiger partial charge in [-0.3, -0.25) is 0 Å². The number of allylic oxidation sites excluding steroid dienone is 3. The standard InChI is InChI=1S/C45H40N2/c1-6-9-17-35-30-41(25-24-33(35)4)47(40-21-15-20-36(31-40)34-18-11-10-12-19-34)39-28-26-38(27-29-39)46(5)45-32-37(16-7-2)42(8-3)43-22-13-14-23-44(43)45/h6-32H,1,3H2,2,4-5H3/b16-7-,17-9-. The second-order valence-electron chi connectivity index (χ2n) is 11.6. The van der Waals surface area contributed by atoms with Crippen LogP contribution in [-0.4, -0.2) is 7.05 Å². The van der Waals surface area contributed by atoms with Gasteiger partial charge in [-0.25, -0.2) is 0 Å². The van der Waals surface area contributed by atoms with Crippen LogP contribution >= 0.6 is 0 Å². The van der Waals surface area contributed by atoms with Crippen molar-refractivity contribution in [1.29, 1.82) is 0 Å². The highest BCUT2D eigenvalue weighted by molar-refractivity contribution is 6.03.